The van der Waals surface area contributed by atoms with Gasteiger partial charge in [0.05, 0.1) is 17.4 Å². The molecule has 8 heteroatoms. The summed E-state index contributed by atoms with van der Waals surface area (Å²) in [7, 11) is 0. The number of ether oxygens (including phenoxy) is 1. The molecule has 2 aromatic rings. The molecule has 1 saturated heterocycles. The Morgan fingerprint density at radius 2 is 2.00 bits per heavy atom. The van der Waals surface area contributed by atoms with E-state index in [1.165, 1.54) is 11.3 Å². The van der Waals surface area contributed by atoms with Crippen molar-refractivity contribution in [2.45, 2.75) is 13.3 Å². The van der Waals surface area contributed by atoms with Crippen LogP contribution in [0.3, 0.4) is 0 Å². The van der Waals surface area contributed by atoms with Gasteiger partial charge in [0, 0.05) is 18.7 Å². The summed E-state index contributed by atoms with van der Waals surface area (Å²) in [6, 6.07) is 10.6. The van der Waals surface area contributed by atoms with E-state index in [2.05, 4.69) is 10.9 Å². The molecule has 136 valence electrons. The standard InChI is InChI=1S/C18H19N3O4S/c1-2-25-14-7-5-13(6-8-14)21-11-12(10-16(21)22)17(23)19-20-18(24)15-4-3-9-26-15/h3-9,12H,2,10-11H2,1H3,(H,19,23)(H,20,24)/t12-/m1/s1. The van der Waals surface area contributed by atoms with Crippen molar-refractivity contribution in [2.75, 3.05) is 18.1 Å². The van der Waals surface area contributed by atoms with E-state index in [1.807, 2.05) is 6.92 Å². The van der Waals surface area contributed by atoms with Gasteiger partial charge in [0.15, 0.2) is 0 Å². The molecule has 1 fully saturated rings. The van der Waals surface area contributed by atoms with Crippen LogP contribution >= 0.6 is 11.3 Å². The third-order valence-corrected chi connectivity index (χ3v) is 4.87. The lowest BCUT2D eigenvalue weighted by Gasteiger charge is -2.17. The van der Waals surface area contributed by atoms with Gasteiger partial charge in [-0.1, -0.05) is 6.07 Å². The zero-order valence-corrected chi connectivity index (χ0v) is 15.0. The lowest BCUT2D eigenvalue weighted by Crippen LogP contribution is -2.44. The molecule has 3 amide bonds. The highest BCUT2D eigenvalue weighted by Gasteiger charge is 2.35. The van der Waals surface area contributed by atoms with Gasteiger partial charge in [-0.05, 0) is 42.6 Å². The molecule has 3 rings (SSSR count). The number of hydrogen-bond donors (Lipinski definition) is 2. The van der Waals surface area contributed by atoms with Gasteiger partial charge in [-0.3, -0.25) is 25.2 Å². The maximum atomic E-state index is 12.3. The molecular formula is C18H19N3O4S. The highest BCUT2D eigenvalue weighted by atomic mass is 32.1. The minimum absolute atomic E-state index is 0.105. The van der Waals surface area contributed by atoms with Crippen LogP contribution in [0.25, 0.3) is 0 Å². The minimum Gasteiger partial charge on any atom is -0.494 e. The number of rotatable bonds is 5. The van der Waals surface area contributed by atoms with Gasteiger partial charge in [0.1, 0.15) is 5.75 Å². The van der Waals surface area contributed by atoms with Gasteiger partial charge >= 0.3 is 0 Å². The number of amides is 3. The molecule has 0 aliphatic carbocycles. The Morgan fingerprint density at radius 1 is 1.23 bits per heavy atom. The quantitative estimate of drug-likeness (QED) is 0.785. The average molecular weight is 373 g/mol. The first kappa shape index (κ1) is 17.9. The van der Waals surface area contributed by atoms with Crippen LogP contribution in [0.2, 0.25) is 0 Å². The largest absolute Gasteiger partial charge is 0.494 e. The second-order valence-corrected chi connectivity index (χ2v) is 6.70. The minimum atomic E-state index is -0.516. The number of carbonyl (C=O) groups is 3. The summed E-state index contributed by atoms with van der Waals surface area (Å²) in [5, 5.41) is 1.78. The number of carbonyl (C=O) groups excluding carboxylic acids is 3. The second kappa shape index (κ2) is 8.01. The number of nitrogens with one attached hydrogen (secondary N) is 2. The van der Waals surface area contributed by atoms with Gasteiger partial charge in [-0.2, -0.15) is 0 Å². The van der Waals surface area contributed by atoms with E-state index < -0.39 is 5.92 Å². The van der Waals surface area contributed by atoms with Crippen LogP contribution in [0.1, 0.15) is 23.0 Å². The number of hydrogen-bond acceptors (Lipinski definition) is 5. The molecule has 1 aromatic heterocycles. The molecule has 2 N–H and O–H groups in total. The molecule has 1 aliphatic heterocycles. The predicted octanol–water partition coefficient (Wildman–Crippen LogP) is 1.96. The van der Waals surface area contributed by atoms with Gasteiger partial charge in [-0.25, -0.2) is 0 Å². The van der Waals surface area contributed by atoms with Crippen molar-refractivity contribution in [3.05, 3.63) is 46.7 Å². The number of nitrogens with zero attached hydrogens (tertiary/aromatic N) is 1. The molecule has 0 radical (unpaired) electrons. The maximum Gasteiger partial charge on any atom is 0.279 e. The molecule has 1 aromatic carbocycles. The topological polar surface area (TPSA) is 87.7 Å². The number of benzene rings is 1. The normalized spacial score (nSPS) is 16.4. The van der Waals surface area contributed by atoms with Crippen molar-refractivity contribution < 1.29 is 19.1 Å². The van der Waals surface area contributed by atoms with Crippen molar-refractivity contribution in [1.82, 2.24) is 10.9 Å². The fraction of sp³-hybridized carbons (Fsp3) is 0.278. The number of anilines is 1. The Balaban J connectivity index is 1.56. The van der Waals surface area contributed by atoms with Crippen molar-refractivity contribution in [3.8, 4) is 5.75 Å². The maximum absolute atomic E-state index is 12.3. The van der Waals surface area contributed by atoms with Crippen LogP contribution in [0, 0.1) is 5.92 Å². The molecule has 7 nitrogen and oxygen atoms in total. The van der Waals surface area contributed by atoms with Crippen LogP contribution in [-0.2, 0) is 9.59 Å². The monoisotopic (exact) mass is 373 g/mol. The lowest BCUT2D eigenvalue weighted by molar-refractivity contribution is -0.126. The van der Waals surface area contributed by atoms with Gasteiger partial charge in [0.2, 0.25) is 11.8 Å². The van der Waals surface area contributed by atoms with E-state index in [-0.39, 0.29) is 30.7 Å². The predicted molar refractivity (Wildman–Crippen MR) is 98.0 cm³/mol. The third-order valence-electron chi connectivity index (χ3n) is 4.00. The van der Waals surface area contributed by atoms with E-state index in [9.17, 15) is 14.4 Å². The Hall–Kier alpha value is -2.87. The zero-order valence-electron chi connectivity index (χ0n) is 14.2. The van der Waals surface area contributed by atoms with Gasteiger partial charge in [-0.15, -0.1) is 11.3 Å². The molecule has 0 unspecified atom stereocenters. The van der Waals surface area contributed by atoms with Crippen molar-refractivity contribution in [3.63, 3.8) is 0 Å². The Bertz CT molecular complexity index is 789. The van der Waals surface area contributed by atoms with E-state index in [0.717, 1.165) is 11.4 Å². The number of thiophene rings is 1. The Labute approximate surface area is 154 Å². The van der Waals surface area contributed by atoms with E-state index >= 15 is 0 Å². The molecule has 0 bridgehead atoms. The third kappa shape index (κ3) is 4.02. The van der Waals surface area contributed by atoms with Crippen LogP contribution < -0.4 is 20.5 Å². The van der Waals surface area contributed by atoms with Crippen LogP contribution in [0.15, 0.2) is 41.8 Å². The number of hydrazine groups is 1. The molecule has 1 atom stereocenters. The molecule has 2 heterocycles. The second-order valence-electron chi connectivity index (χ2n) is 5.75. The highest BCUT2D eigenvalue weighted by molar-refractivity contribution is 7.12. The van der Waals surface area contributed by atoms with Gasteiger partial charge in [0.25, 0.3) is 5.91 Å². The summed E-state index contributed by atoms with van der Waals surface area (Å²) >= 11 is 1.28. The summed E-state index contributed by atoms with van der Waals surface area (Å²) in [6.45, 7) is 2.74. The van der Waals surface area contributed by atoms with Gasteiger partial charge < -0.3 is 9.64 Å². The summed E-state index contributed by atoms with van der Waals surface area (Å²) < 4.78 is 5.39. The first-order chi connectivity index (χ1) is 12.6. The van der Waals surface area contributed by atoms with Crippen molar-refractivity contribution >= 4 is 34.7 Å². The summed E-state index contributed by atoms with van der Waals surface area (Å²) in [5.74, 6) is -0.664. The molecule has 0 saturated carbocycles. The van der Waals surface area contributed by atoms with E-state index in [0.29, 0.717) is 11.5 Å². The Kier molecular flexibility index (Phi) is 5.52. The fourth-order valence-corrected chi connectivity index (χ4v) is 3.33. The SMILES string of the molecule is CCOc1ccc(N2C[C@H](C(=O)NNC(=O)c3cccs3)CC2=O)cc1. The van der Waals surface area contributed by atoms with Crippen LogP contribution in [0.4, 0.5) is 5.69 Å². The molecule has 0 spiro atoms. The van der Waals surface area contributed by atoms with Crippen molar-refractivity contribution in [2.24, 2.45) is 5.92 Å². The average Bonchev–Trinajstić information content (AvgIpc) is 3.30. The molecule has 26 heavy (non-hydrogen) atoms. The summed E-state index contributed by atoms with van der Waals surface area (Å²) in [4.78, 5) is 38.4. The zero-order chi connectivity index (χ0) is 18.5. The Morgan fingerprint density at radius 3 is 2.65 bits per heavy atom. The van der Waals surface area contributed by atoms with Crippen molar-refractivity contribution in [1.29, 1.82) is 0 Å². The summed E-state index contributed by atoms with van der Waals surface area (Å²) in [5.41, 5.74) is 5.50. The first-order valence-corrected chi connectivity index (χ1v) is 9.13. The first-order valence-electron chi connectivity index (χ1n) is 8.25. The highest BCUT2D eigenvalue weighted by Crippen LogP contribution is 2.27. The van der Waals surface area contributed by atoms with Crippen LogP contribution in [-0.4, -0.2) is 30.9 Å². The smallest absolute Gasteiger partial charge is 0.279 e. The summed E-state index contributed by atoms with van der Waals surface area (Å²) in [6.07, 6.45) is 0.105. The van der Waals surface area contributed by atoms with E-state index in [1.54, 1.807) is 46.7 Å². The molecular weight excluding hydrogens is 354 g/mol. The van der Waals surface area contributed by atoms with E-state index in [4.69, 9.17) is 4.74 Å². The fourth-order valence-electron chi connectivity index (χ4n) is 2.71. The van der Waals surface area contributed by atoms with Crippen LogP contribution in [0.5, 0.6) is 5.75 Å². The lowest BCUT2D eigenvalue weighted by atomic mass is 10.1. The molecule has 1 aliphatic rings.